The molecule has 0 atom stereocenters. The van der Waals surface area contributed by atoms with E-state index >= 15 is 0 Å². The van der Waals surface area contributed by atoms with E-state index in [1.807, 2.05) is 0 Å². The third-order valence-corrected chi connectivity index (χ3v) is 0. The van der Waals surface area contributed by atoms with Gasteiger partial charge < -0.3 is 41.3 Å². The molecule has 0 aromatic heterocycles. The Labute approximate surface area is 87.0 Å². The predicted molar refractivity (Wildman–Crippen MR) is 33.1 cm³/mol. The summed E-state index contributed by atoms with van der Waals surface area (Å²) in [6.07, 6.45) is 0. The van der Waals surface area contributed by atoms with Gasteiger partial charge in [-0.15, -0.1) is 10.1 Å². The van der Waals surface area contributed by atoms with E-state index in [0.29, 0.717) is 0 Å². The van der Waals surface area contributed by atoms with Crippen LogP contribution >= 0.6 is 0 Å². The monoisotopic (exact) mass is 269 g/mol. The van der Waals surface area contributed by atoms with Crippen molar-refractivity contribution in [3.8, 4) is 0 Å². The van der Waals surface area contributed by atoms with E-state index < -0.39 is 15.3 Å². The van der Waals surface area contributed by atoms with Crippen LogP contribution in [0.5, 0.6) is 0 Å². The van der Waals surface area contributed by atoms with Crippen molar-refractivity contribution in [1.29, 1.82) is 0 Å². The summed E-state index contributed by atoms with van der Waals surface area (Å²) in [6, 6.07) is 0. The Bertz CT molecular complexity index is 113. The molecule has 0 amide bonds. The first-order valence-corrected chi connectivity index (χ1v) is 1.66. The van der Waals surface area contributed by atoms with Crippen LogP contribution in [0.15, 0.2) is 0 Å². The second kappa shape index (κ2) is 22.5. The maximum absolute atomic E-state index is 8.36. The molecule has 3 N–H and O–H groups in total. The molecule has 0 saturated heterocycles. The molecular weight excluding hydrogens is 267 g/mol. The van der Waals surface area contributed by atoms with Gasteiger partial charge in [0, 0.05) is 0 Å². The summed E-state index contributed by atoms with van der Waals surface area (Å²) in [4.78, 5) is 24.9. The molecule has 0 aliphatic carbocycles. The summed E-state index contributed by atoms with van der Waals surface area (Å²) >= 11 is 0. The van der Waals surface area contributed by atoms with Crippen LogP contribution in [0.3, 0.4) is 0 Å². The molecular formula is H3N3O10Zn. The van der Waals surface area contributed by atoms with Gasteiger partial charge in [0.2, 0.25) is 0 Å². The summed E-state index contributed by atoms with van der Waals surface area (Å²) < 4.78 is 0. The number of hydrogen-bond acceptors (Lipinski definition) is 8. The molecule has 14 heavy (non-hydrogen) atoms. The molecule has 0 radical (unpaired) electrons. The van der Waals surface area contributed by atoms with Crippen LogP contribution in [0.4, 0.5) is 0 Å². The fourth-order valence-corrected chi connectivity index (χ4v) is 0. The Morgan fingerprint density at radius 3 is 0.786 bits per heavy atom. The quantitative estimate of drug-likeness (QED) is 0.301. The molecule has 0 bridgehead atoms. The molecule has 0 aromatic carbocycles. The van der Waals surface area contributed by atoms with Crippen molar-refractivity contribution in [3.05, 3.63) is 40.8 Å². The molecule has 14 heteroatoms. The average Bonchev–Trinajstić information content (AvgIpc) is 1.54. The van der Waals surface area contributed by atoms with Crippen molar-refractivity contribution >= 4 is 0 Å². The van der Waals surface area contributed by atoms with E-state index in [-0.39, 0.29) is 25.0 Å². The Balaban J connectivity index is -0.0000000270. The van der Waals surface area contributed by atoms with Crippen LogP contribution in [0, 0.1) is 40.8 Å². The van der Waals surface area contributed by atoms with Crippen LogP contribution in [-0.2, 0) is 19.5 Å². The zero-order chi connectivity index (χ0) is 10.7. The molecule has 0 heterocycles. The summed E-state index contributed by atoms with van der Waals surface area (Å²) in [5.41, 5.74) is 0. The van der Waals surface area contributed by atoms with Crippen molar-refractivity contribution in [2.24, 2.45) is 0 Å². The first-order valence-electron chi connectivity index (χ1n) is 1.66. The normalized spacial score (nSPS) is 5.14. The number of hydrogen-bond donors (Lipinski definition) is 1. The van der Waals surface area contributed by atoms with Crippen molar-refractivity contribution in [2.75, 3.05) is 0 Å². The second-order valence-electron chi connectivity index (χ2n) is 0.685. The second-order valence-corrected chi connectivity index (χ2v) is 0.685. The Kier molecular flexibility index (Phi) is 47.4. The van der Waals surface area contributed by atoms with Crippen molar-refractivity contribution in [2.45, 2.75) is 0 Å². The minimum absolute atomic E-state index is 0. The van der Waals surface area contributed by atoms with E-state index in [4.69, 9.17) is 46.0 Å². The Morgan fingerprint density at radius 2 is 0.786 bits per heavy atom. The molecule has 0 unspecified atom stereocenters. The largest absolute Gasteiger partial charge is 2.00 e. The first kappa shape index (κ1) is 29.5. The molecule has 0 saturated carbocycles. The van der Waals surface area contributed by atoms with Gasteiger partial charge in [-0.05, 0) is 0 Å². The van der Waals surface area contributed by atoms with Crippen LogP contribution < -0.4 is 0 Å². The smallest absolute Gasteiger partial charge is 0.412 e. The average molecular weight is 270 g/mol. The fraction of sp³-hybridized carbons (Fsp3) is 0. The summed E-state index contributed by atoms with van der Waals surface area (Å²) in [5.74, 6) is 0. The Morgan fingerprint density at radius 1 is 0.786 bits per heavy atom. The molecule has 0 fully saturated rings. The molecule has 0 rings (SSSR count). The summed E-state index contributed by atoms with van der Waals surface area (Å²) in [6.45, 7) is 0. The van der Waals surface area contributed by atoms with Crippen LogP contribution in [0.2, 0.25) is 0 Å². The van der Waals surface area contributed by atoms with Crippen LogP contribution in [0.25, 0.3) is 0 Å². The zero-order valence-electron chi connectivity index (χ0n) is 6.26. The van der Waals surface area contributed by atoms with E-state index in [1.54, 1.807) is 0 Å². The van der Waals surface area contributed by atoms with Gasteiger partial charge in [-0.1, -0.05) is 0 Å². The SMILES string of the molecule is O.O=[N+]([O-])O.O=[N+]([O-])[O-].O=[N+]([O-])[O-].[Zn+2]. The van der Waals surface area contributed by atoms with Gasteiger partial charge in [-0.25, -0.2) is 0 Å². The van der Waals surface area contributed by atoms with Gasteiger partial charge in [0.1, 0.15) is 0 Å². The van der Waals surface area contributed by atoms with Crippen molar-refractivity contribution < 1.29 is 45.4 Å². The maximum Gasteiger partial charge on any atom is 2.00 e. The van der Waals surface area contributed by atoms with Gasteiger partial charge in [0.05, 0.1) is 10.2 Å². The third-order valence-electron chi connectivity index (χ3n) is 0. The van der Waals surface area contributed by atoms with Gasteiger partial charge in [0.25, 0.3) is 5.09 Å². The molecule has 13 nitrogen and oxygen atoms in total. The zero-order valence-corrected chi connectivity index (χ0v) is 9.23. The fourth-order valence-electron chi connectivity index (χ4n) is 0. The van der Waals surface area contributed by atoms with E-state index in [1.165, 1.54) is 0 Å². The first-order chi connectivity index (χ1) is 5.20. The predicted octanol–water partition coefficient (Wildman–Crippen LogP) is -1.65. The minimum atomic E-state index is -1.75. The number of rotatable bonds is 0. The van der Waals surface area contributed by atoms with Crippen LogP contribution in [-0.4, -0.2) is 25.9 Å². The molecule has 0 aliphatic heterocycles. The van der Waals surface area contributed by atoms with Gasteiger partial charge in [-0.2, -0.15) is 0 Å². The van der Waals surface area contributed by atoms with Crippen molar-refractivity contribution in [1.82, 2.24) is 0 Å². The van der Waals surface area contributed by atoms with Crippen LogP contribution in [0.1, 0.15) is 0 Å². The van der Waals surface area contributed by atoms with E-state index in [9.17, 15) is 0 Å². The molecule has 0 spiro atoms. The molecule has 80 valence electrons. The maximum atomic E-state index is 8.36. The summed E-state index contributed by atoms with van der Waals surface area (Å²) in [5, 5.41) is 43.1. The van der Waals surface area contributed by atoms with Gasteiger partial charge in [-0.3, -0.25) is 0 Å². The Hall–Kier alpha value is -1.82. The topological polar surface area (TPSA) is 227 Å². The third kappa shape index (κ3) is 260. The molecule has 0 aromatic rings. The van der Waals surface area contributed by atoms with Gasteiger partial charge in [0.15, 0.2) is 0 Å². The standard InChI is InChI=1S/HNO3.2NO3.H2O.Zn/c3*2-1(3)4;;/h(H,2,3,4);;;1H2;/q;2*-1;;+2. The van der Waals surface area contributed by atoms with Gasteiger partial charge >= 0.3 is 19.5 Å². The summed E-state index contributed by atoms with van der Waals surface area (Å²) in [7, 11) is 0. The van der Waals surface area contributed by atoms with Crippen molar-refractivity contribution in [3.63, 3.8) is 0 Å². The van der Waals surface area contributed by atoms with E-state index in [2.05, 4.69) is 0 Å². The minimum Gasteiger partial charge on any atom is -0.412 e. The molecule has 0 aliphatic rings. The number of nitrogens with zero attached hydrogens (tertiary/aromatic N) is 3. The van der Waals surface area contributed by atoms with E-state index in [0.717, 1.165) is 0 Å².